The lowest BCUT2D eigenvalue weighted by Crippen LogP contribution is -2.48. The Labute approximate surface area is 195 Å². The summed E-state index contributed by atoms with van der Waals surface area (Å²) in [6.45, 7) is 5.94. The summed E-state index contributed by atoms with van der Waals surface area (Å²) in [5.41, 5.74) is 0.632. The first-order valence-electron chi connectivity index (χ1n) is 11.3. The highest BCUT2D eigenvalue weighted by Gasteiger charge is 2.32. The van der Waals surface area contributed by atoms with E-state index in [0.717, 1.165) is 13.1 Å². The monoisotopic (exact) mass is 463 g/mol. The van der Waals surface area contributed by atoms with Crippen LogP contribution in [0.4, 0.5) is 11.4 Å². The number of carbonyl (C=O) groups is 2. The van der Waals surface area contributed by atoms with Crippen LogP contribution in [0.2, 0.25) is 0 Å². The highest BCUT2D eigenvalue weighted by molar-refractivity contribution is 6.06. The third kappa shape index (κ3) is 4.40. The Kier molecular flexibility index (Phi) is 6.04. The molecule has 1 aromatic heterocycles. The number of carbonyl (C=O) groups excluding carboxylic acids is 2. The summed E-state index contributed by atoms with van der Waals surface area (Å²) in [6, 6.07) is 13.6. The average Bonchev–Trinajstić information content (AvgIpc) is 2.85. The molecular formula is C25H25N3O6. The Bertz CT molecular complexity index is 1300. The Morgan fingerprint density at radius 3 is 2.68 bits per heavy atom. The first-order valence-corrected chi connectivity index (χ1v) is 11.3. The number of hydrogen-bond acceptors (Lipinski definition) is 7. The van der Waals surface area contributed by atoms with E-state index in [2.05, 4.69) is 10.2 Å². The molecule has 9 heteroatoms. The zero-order valence-electron chi connectivity index (χ0n) is 18.8. The topological polar surface area (TPSA) is 101 Å². The standard InChI is InChI=1S/C25H25N3O6/c1-16-24(30)28(9-8-27-10-12-32-13-11-27)20-15-18(6-7-22(20)33-16)26-23(29)19-14-17-4-2-3-5-21(17)34-25(19)31/h2-7,14-16H,8-13H2,1H3,(H,26,29). The van der Waals surface area contributed by atoms with E-state index in [1.54, 1.807) is 54.3 Å². The van der Waals surface area contributed by atoms with Crippen molar-refractivity contribution in [1.29, 1.82) is 0 Å². The maximum Gasteiger partial charge on any atom is 0.349 e. The number of para-hydroxylation sites is 1. The van der Waals surface area contributed by atoms with Crippen LogP contribution >= 0.6 is 0 Å². The van der Waals surface area contributed by atoms with Gasteiger partial charge in [-0.15, -0.1) is 0 Å². The first kappa shape index (κ1) is 22.1. The lowest BCUT2D eigenvalue weighted by Gasteiger charge is -2.35. The van der Waals surface area contributed by atoms with Gasteiger partial charge in [0.05, 0.1) is 18.9 Å². The Morgan fingerprint density at radius 1 is 1.06 bits per heavy atom. The van der Waals surface area contributed by atoms with Gasteiger partial charge in [0.25, 0.3) is 11.8 Å². The number of ether oxygens (including phenoxy) is 2. The zero-order chi connectivity index (χ0) is 23.7. The molecule has 9 nitrogen and oxygen atoms in total. The van der Waals surface area contributed by atoms with Crippen molar-refractivity contribution in [3.05, 3.63) is 64.5 Å². The van der Waals surface area contributed by atoms with Crippen LogP contribution in [0.25, 0.3) is 11.0 Å². The molecule has 1 atom stereocenters. The number of nitrogens with zero attached hydrogens (tertiary/aromatic N) is 2. The molecule has 0 bridgehead atoms. The van der Waals surface area contributed by atoms with Crippen LogP contribution in [0.1, 0.15) is 17.3 Å². The highest BCUT2D eigenvalue weighted by Crippen LogP contribution is 2.36. The molecule has 0 radical (unpaired) electrons. The smallest absolute Gasteiger partial charge is 0.349 e. The molecule has 34 heavy (non-hydrogen) atoms. The van der Waals surface area contributed by atoms with Crippen molar-refractivity contribution in [2.75, 3.05) is 49.6 Å². The van der Waals surface area contributed by atoms with E-state index < -0.39 is 17.6 Å². The van der Waals surface area contributed by atoms with Crippen molar-refractivity contribution in [3.8, 4) is 5.75 Å². The van der Waals surface area contributed by atoms with Crippen LogP contribution in [-0.4, -0.2) is 62.2 Å². The fourth-order valence-corrected chi connectivity index (χ4v) is 4.20. The van der Waals surface area contributed by atoms with Gasteiger partial charge < -0.3 is 24.1 Å². The summed E-state index contributed by atoms with van der Waals surface area (Å²) < 4.78 is 16.4. The maximum absolute atomic E-state index is 12.9. The summed E-state index contributed by atoms with van der Waals surface area (Å²) in [7, 11) is 0. The predicted octanol–water partition coefficient (Wildman–Crippen LogP) is 2.49. The number of hydrogen-bond donors (Lipinski definition) is 1. The largest absolute Gasteiger partial charge is 0.479 e. The molecule has 3 aromatic rings. The van der Waals surface area contributed by atoms with Crippen molar-refractivity contribution < 1.29 is 23.5 Å². The Morgan fingerprint density at radius 2 is 1.85 bits per heavy atom. The summed E-state index contributed by atoms with van der Waals surface area (Å²) in [4.78, 5) is 42.1. The van der Waals surface area contributed by atoms with E-state index in [4.69, 9.17) is 13.9 Å². The average molecular weight is 463 g/mol. The minimum Gasteiger partial charge on any atom is -0.479 e. The molecule has 2 aliphatic rings. The first-order chi connectivity index (χ1) is 16.5. The van der Waals surface area contributed by atoms with Crippen molar-refractivity contribution in [1.82, 2.24) is 4.90 Å². The second kappa shape index (κ2) is 9.28. The van der Waals surface area contributed by atoms with Crippen LogP contribution in [0.15, 0.2) is 57.7 Å². The molecule has 1 saturated heterocycles. The molecule has 0 aliphatic carbocycles. The molecule has 176 valence electrons. The van der Waals surface area contributed by atoms with Crippen LogP contribution in [0.3, 0.4) is 0 Å². The lowest BCUT2D eigenvalue weighted by atomic mass is 10.1. The van der Waals surface area contributed by atoms with Gasteiger partial charge in [-0.05, 0) is 37.3 Å². The van der Waals surface area contributed by atoms with E-state index >= 15 is 0 Å². The fraction of sp³-hybridized carbons (Fsp3) is 0.320. The number of morpholine rings is 1. The van der Waals surface area contributed by atoms with Crippen LogP contribution in [0.5, 0.6) is 5.75 Å². The Balaban J connectivity index is 1.38. The van der Waals surface area contributed by atoms with Crippen LogP contribution in [-0.2, 0) is 9.53 Å². The number of nitrogens with one attached hydrogen (secondary N) is 1. The fourth-order valence-electron chi connectivity index (χ4n) is 4.20. The van der Waals surface area contributed by atoms with Gasteiger partial charge in [0, 0.05) is 37.3 Å². The Hall–Kier alpha value is -3.69. The minimum atomic E-state index is -0.714. The van der Waals surface area contributed by atoms with Crippen molar-refractivity contribution in [2.45, 2.75) is 13.0 Å². The van der Waals surface area contributed by atoms with Crippen LogP contribution in [0, 0.1) is 0 Å². The normalized spacial score (nSPS) is 18.4. The quantitative estimate of drug-likeness (QED) is 0.580. The SMILES string of the molecule is CC1Oc2ccc(NC(=O)c3cc4ccccc4oc3=O)cc2N(CCN2CCOCC2)C1=O. The summed E-state index contributed by atoms with van der Waals surface area (Å²) in [5.74, 6) is -0.160. The molecule has 1 fully saturated rings. The van der Waals surface area contributed by atoms with Gasteiger partial charge in [-0.1, -0.05) is 18.2 Å². The molecule has 2 amide bonds. The zero-order valence-corrected chi connectivity index (χ0v) is 18.8. The van der Waals surface area contributed by atoms with Gasteiger partial charge in [0.15, 0.2) is 6.10 Å². The number of anilines is 2. The van der Waals surface area contributed by atoms with E-state index in [1.807, 2.05) is 0 Å². The molecule has 3 heterocycles. The molecule has 1 unspecified atom stereocenters. The van der Waals surface area contributed by atoms with E-state index in [9.17, 15) is 14.4 Å². The minimum absolute atomic E-state index is 0.0958. The van der Waals surface area contributed by atoms with Gasteiger partial charge in [-0.3, -0.25) is 14.5 Å². The summed E-state index contributed by atoms with van der Waals surface area (Å²) >= 11 is 0. The molecule has 1 N–H and O–H groups in total. The van der Waals surface area contributed by atoms with E-state index in [0.29, 0.717) is 54.4 Å². The number of rotatable bonds is 5. The third-order valence-corrected chi connectivity index (χ3v) is 6.05. The summed E-state index contributed by atoms with van der Waals surface area (Å²) in [6.07, 6.45) is -0.597. The molecular weight excluding hydrogens is 438 g/mol. The molecule has 2 aromatic carbocycles. The van der Waals surface area contributed by atoms with Crippen molar-refractivity contribution in [3.63, 3.8) is 0 Å². The van der Waals surface area contributed by atoms with Gasteiger partial charge in [-0.2, -0.15) is 0 Å². The molecule has 0 spiro atoms. The van der Waals surface area contributed by atoms with E-state index in [1.165, 1.54) is 6.07 Å². The summed E-state index contributed by atoms with van der Waals surface area (Å²) in [5, 5.41) is 3.40. The van der Waals surface area contributed by atoms with Gasteiger partial charge in [0.2, 0.25) is 0 Å². The lowest BCUT2D eigenvalue weighted by molar-refractivity contribution is -0.125. The van der Waals surface area contributed by atoms with Crippen molar-refractivity contribution in [2.24, 2.45) is 0 Å². The highest BCUT2D eigenvalue weighted by atomic mass is 16.5. The molecule has 2 aliphatic heterocycles. The van der Waals surface area contributed by atoms with Crippen LogP contribution < -0.4 is 20.6 Å². The van der Waals surface area contributed by atoms with E-state index in [-0.39, 0.29) is 11.5 Å². The number of amides is 2. The maximum atomic E-state index is 12.9. The predicted molar refractivity (Wildman–Crippen MR) is 127 cm³/mol. The van der Waals surface area contributed by atoms with Gasteiger partial charge in [-0.25, -0.2) is 4.79 Å². The number of fused-ring (bicyclic) bond motifs is 2. The van der Waals surface area contributed by atoms with Gasteiger partial charge >= 0.3 is 5.63 Å². The molecule has 0 saturated carbocycles. The second-order valence-electron chi connectivity index (χ2n) is 8.33. The second-order valence-corrected chi connectivity index (χ2v) is 8.33. The number of benzene rings is 2. The molecule has 5 rings (SSSR count). The van der Waals surface area contributed by atoms with Crippen molar-refractivity contribution >= 4 is 34.2 Å². The third-order valence-electron chi connectivity index (χ3n) is 6.05. The van der Waals surface area contributed by atoms with Gasteiger partial charge in [0.1, 0.15) is 16.9 Å².